The molecule has 5 nitrogen and oxygen atoms in total. The van der Waals surface area contributed by atoms with E-state index in [1.165, 1.54) is 0 Å². The first kappa shape index (κ1) is 15.5. The highest BCUT2D eigenvalue weighted by Crippen LogP contribution is 2.24. The van der Waals surface area contributed by atoms with Crippen LogP contribution in [-0.4, -0.2) is 29.6 Å². The molecule has 2 rings (SSSR count). The van der Waals surface area contributed by atoms with Gasteiger partial charge in [-0.05, 0) is 56.3 Å². The van der Waals surface area contributed by atoms with E-state index in [0.717, 1.165) is 24.8 Å². The van der Waals surface area contributed by atoms with Crippen molar-refractivity contribution < 1.29 is 14.7 Å². The maximum Gasteiger partial charge on any atom is 0.306 e. The van der Waals surface area contributed by atoms with Crippen LogP contribution in [0.4, 0.5) is 0 Å². The summed E-state index contributed by atoms with van der Waals surface area (Å²) < 4.78 is 0. The van der Waals surface area contributed by atoms with Gasteiger partial charge in [-0.15, -0.1) is 0 Å². The predicted molar refractivity (Wildman–Crippen MR) is 80.0 cm³/mol. The zero-order valence-electron chi connectivity index (χ0n) is 12.0. The first-order valence-electron chi connectivity index (χ1n) is 7.43. The fourth-order valence-electron chi connectivity index (χ4n) is 2.74. The molecule has 5 heteroatoms. The van der Waals surface area contributed by atoms with Gasteiger partial charge in [0.15, 0.2) is 0 Å². The van der Waals surface area contributed by atoms with Crippen LogP contribution in [0.15, 0.2) is 24.3 Å². The Morgan fingerprint density at radius 3 is 2.29 bits per heavy atom. The van der Waals surface area contributed by atoms with Crippen LogP contribution in [0.5, 0.6) is 0 Å². The fraction of sp³-hybridized carbons (Fsp3) is 0.500. The number of hydrogen-bond donors (Lipinski definition) is 3. The van der Waals surface area contributed by atoms with Crippen molar-refractivity contribution in [2.24, 2.45) is 11.7 Å². The second kappa shape index (κ2) is 7.22. The lowest BCUT2D eigenvalue weighted by Gasteiger charge is -2.26. The third kappa shape index (κ3) is 4.29. The Balaban J connectivity index is 1.86. The van der Waals surface area contributed by atoms with Gasteiger partial charge in [0.25, 0.3) is 5.91 Å². The zero-order valence-corrected chi connectivity index (χ0v) is 12.0. The molecule has 1 amide bonds. The van der Waals surface area contributed by atoms with Crippen LogP contribution in [0.25, 0.3) is 0 Å². The van der Waals surface area contributed by atoms with Crippen LogP contribution in [0.1, 0.15) is 41.6 Å². The topological polar surface area (TPSA) is 92.4 Å². The number of rotatable bonds is 5. The van der Waals surface area contributed by atoms with Crippen molar-refractivity contribution >= 4 is 11.9 Å². The van der Waals surface area contributed by atoms with E-state index in [1.807, 2.05) is 24.3 Å². The van der Waals surface area contributed by atoms with E-state index in [0.29, 0.717) is 24.9 Å². The summed E-state index contributed by atoms with van der Waals surface area (Å²) in [5.41, 5.74) is 7.25. The Hall–Kier alpha value is -1.88. The smallest absolute Gasteiger partial charge is 0.306 e. The summed E-state index contributed by atoms with van der Waals surface area (Å²) in [4.78, 5) is 23.0. The highest BCUT2D eigenvalue weighted by Gasteiger charge is 2.26. The number of aliphatic carboxylic acids is 1. The molecule has 0 unspecified atom stereocenters. The Kier molecular flexibility index (Phi) is 5.33. The number of carbonyl (C=O) groups excluding carboxylic acids is 1. The van der Waals surface area contributed by atoms with Crippen molar-refractivity contribution in [3.05, 3.63) is 35.4 Å². The van der Waals surface area contributed by atoms with Crippen LogP contribution in [0.2, 0.25) is 0 Å². The summed E-state index contributed by atoms with van der Waals surface area (Å²) in [7, 11) is 0. The molecule has 1 saturated carbocycles. The minimum atomic E-state index is -0.727. The standard InChI is InChI=1S/C16H22N2O3/c17-10-9-11-1-3-12(4-2-11)15(19)18-14-7-5-13(6-8-14)16(20)21/h1-4,13-14H,5-10,17H2,(H,18,19)(H,20,21). The number of nitrogens with two attached hydrogens (primary N) is 1. The van der Waals surface area contributed by atoms with E-state index < -0.39 is 5.97 Å². The van der Waals surface area contributed by atoms with Gasteiger partial charge in [0.1, 0.15) is 0 Å². The monoisotopic (exact) mass is 290 g/mol. The third-order valence-electron chi connectivity index (χ3n) is 4.06. The summed E-state index contributed by atoms with van der Waals surface area (Å²) in [5, 5.41) is 11.9. The maximum absolute atomic E-state index is 12.1. The van der Waals surface area contributed by atoms with E-state index in [9.17, 15) is 9.59 Å². The van der Waals surface area contributed by atoms with E-state index in [2.05, 4.69) is 5.32 Å². The van der Waals surface area contributed by atoms with E-state index in [-0.39, 0.29) is 17.9 Å². The van der Waals surface area contributed by atoms with Crippen LogP contribution in [0, 0.1) is 5.92 Å². The Bertz CT molecular complexity index is 491. The lowest BCUT2D eigenvalue weighted by molar-refractivity contribution is -0.142. The molecule has 4 N–H and O–H groups in total. The fourth-order valence-corrected chi connectivity index (χ4v) is 2.74. The summed E-state index contributed by atoms with van der Waals surface area (Å²) in [6.45, 7) is 0.596. The second-order valence-corrected chi connectivity index (χ2v) is 5.60. The number of carboxylic acids is 1. The molecule has 0 aliphatic heterocycles. The van der Waals surface area contributed by atoms with Gasteiger partial charge in [0, 0.05) is 11.6 Å². The van der Waals surface area contributed by atoms with Crippen molar-refractivity contribution in [3.8, 4) is 0 Å². The molecule has 1 aliphatic rings. The van der Waals surface area contributed by atoms with Crippen LogP contribution in [0.3, 0.4) is 0 Å². The quantitative estimate of drug-likeness (QED) is 0.767. The third-order valence-corrected chi connectivity index (χ3v) is 4.06. The number of nitrogens with one attached hydrogen (secondary N) is 1. The minimum absolute atomic E-state index is 0.0804. The zero-order chi connectivity index (χ0) is 15.2. The van der Waals surface area contributed by atoms with Gasteiger partial charge in [0.05, 0.1) is 5.92 Å². The Morgan fingerprint density at radius 1 is 1.14 bits per heavy atom. The molecule has 114 valence electrons. The summed E-state index contributed by atoms with van der Waals surface area (Å²) in [5.74, 6) is -1.07. The molecule has 0 atom stereocenters. The molecule has 1 aromatic carbocycles. The van der Waals surface area contributed by atoms with Gasteiger partial charge in [-0.1, -0.05) is 12.1 Å². The molecule has 21 heavy (non-hydrogen) atoms. The van der Waals surface area contributed by atoms with Gasteiger partial charge in [-0.3, -0.25) is 9.59 Å². The molecule has 1 fully saturated rings. The number of amides is 1. The van der Waals surface area contributed by atoms with Gasteiger partial charge in [-0.2, -0.15) is 0 Å². The average molecular weight is 290 g/mol. The largest absolute Gasteiger partial charge is 0.481 e. The van der Waals surface area contributed by atoms with Crippen molar-refractivity contribution in [2.75, 3.05) is 6.54 Å². The van der Waals surface area contributed by atoms with Crippen LogP contribution >= 0.6 is 0 Å². The van der Waals surface area contributed by atoms with E-state index in [1.54, 1.807) is 0 Å². The van der Waals surface area contributed by atoms with Crippen molar-refractivity contribution in [3.63, 3.8) is 0 Å². The molecule has 0 radical (unpaired) electrons. The molecule has 0 saturated heterocycles. The van der Waals surface area contributed by atoms with Crippen molar-refractivity contribution in [1.82, 2.24) is 5.32 Å². The lowest BCUT2D eigenvalue weighted by Crippen LogP contribution is -2.38. The minimum Gasteiger partial charge on any atom is -0.481 e. The van der Waals surface area contributed by atoms with Crippen LogP contribution < -0.4 is 11.1 Å². The highest BCUT2D eigenvalue weighted by molar-refractivity contribution is 5.94. The molecule has 1 aromatic rings. The van der Waals surface area contributed by atoms with Gasteiger partial charge in [0.2, 0.25) is 0 Å². The first-order valence-corrected chi connectivity index (χ1v) is 7.43. The lowest BCUT2D eigenvalue weighted by atomic mass is 9.86. The van der Waals surface area contributed by atoms with Gasteiger partial charge < -0.3 is 16.2 Å². The first-order chi connectivity index (χ1) is 10.1. The Labute approximate surface area is 124 Å². The van der Waals surface area contributed by atoms with E-state index in [4.69, 9.17) is 10.8 Å². The molecule has 0 spiro atoms. The van der Waals surface area contributed by atoms with Gasteiger partial charge in [-0.25, -0.2) is 0 Å². The number of carboxylic acid groups (broad SMARTS) is 1. The normalized spacial score (nSPS) is 21.8. The molecule has 0 heterocycles. The molecule has 0 aromatic heterocycles. The second-order valence-electron chi connectivity index (χ2n) is 5.60. The van der Waals surface area contributed by atoms with Crippen molar-refractivity contribution in [2.45, 2.75) is 38.1 Å². The molecular weight excluding hydrogens is 268 g/mol. The molecule has 0 bridgehead atoms. The van der Waals surface area contributed by atoms with Gasteiger partial charge >= 0.3 is 5.97 Å². The maximum atomic E-state index is 12.1. The SMILES string of the molecule is NCCc1ccc(C(=O)NC2CCC(C(=O)O)CC2)cc1. The molecule has 1 aliphatic carbocycles. The number of benzene rings is 1. The van der Waals surface area contributed by atoms with E-state index >= 15 is 0 Å². The molecular formula is C16H22N2O3. The van der Waals surface area contributed by atoms with Crippen molar-refractivity contribution in [1.29, 1.82) is 0 Å². The van der Waals surface area contributed by atoms with Crippen LogP contribution in [-0.2, 0) is 11.2 Å². The highest BCUT2D eigenvalue weighted by atomic mass is 16.4. The summed E-state index contributed by atoms with van der Waals surface area (Å²) in [6.07, 6.45) is 3.54. The average Bonchev–Trinajstić information content (AvgIpc) is 2.49. The number of carbonyl (C=O) groups is 2. The summed E-state index contributed by atoms with van der Waals surface area (Å²) in [6, 6.07) is 7.54. The summed E-state index contributed by atoms with van der Waals surface area (Å²) >= 11 is 0. The number of hydrogen-bond acceptors (Lipinski definition) is 3. The predicted octanol–water partition coefficient (Wildman–Crippen LogP) is 1.56. The Morgan fingerprint density at radius 2 is 1.76 bits per heavy atom.